The Morgan fingerprint density at radius 3 is 2.42 bits per heavy atom. The maximum atomic E-state index is 4.61. The number of hydrogen-bond acceptors (Lipinski definition) is 2. The average Bonchev–Trinajstić information content (AvgIpc) is 2.58. The van der Waals surface area contributed by atoms with Gasteiger partial charge in [0, 0.05) is 10.8 Å². The summed E-state index contributed by atoms with van der Waals surface area (Å²) in [5.74, 6) is 0.787. The molecule has 66 valence electrons. The fraction of sp³-hybridized carbons (Fsp3) is 0.700. The Bertz CT molecular complexity index is 271. The highest BCUT2D eigenvalue weighted by Crippen LogP contribution is 2.36. The van der Waals surface area contributed by atoms with Gasteiger partial charge in [0.2, 0.25) is 0 Å². The molecule has 1 aromatic heterocycles. The van der Waals surface area contributed by atoms with Crippen LogP contribution < -0.4 is 0 Å². The van der Waals surface area contributed by atoms with E-state index < -0.39 is 0 Å². The number of nitrogens with zero attached hydrogens (tertiary/aromatic N) is 1. The molecule has 0 radical (unpaired) electrons. The Balaban J connectivity index is 2.25. The van der Waals surface area contributed by atoms with Crippen LogP contribution in [0.2, 0.25) is 0 Å². The van der Waals surface area contributed by atoms with E-state index in [1.807, 2.05) is 11.3 Å². The Morgan fingerprint density at radius 2 is 1.92 bits per heavy atom. The van der Waals surface area contributed by atoms with E-state index in [0.717, 1.165) is 5.92 Å². The van der Waals surface area contributed by atoms with E-state index in [4.69, 9.17) is 0 Å². The summed E-state index contributed by atoms with van der Waals surface area (Å²) in [7, 11) is 0. The molecule has 1 aliphatic carbocycles. The number of rotatable bonds is 1. The third-order valence-corrected chi connectivity index (χ3v) is 3.58. The predicted molar refractivity (Wildman–Crippen MR) is 52.8 cm³/mol. The van der Waals surface area contributed by atoms with E-state index in [2.05, 4.69) is 18.8 Å². The van der Waals surface area contributed by atoms with Gasteiger partial charge in [-0.2, -0.15) is 0 Å². The molecule has 0 unspecified atom stereocenters. The van der Waals surface area contributed by atoms with Crippen molar-refractivity contribution in [2.45, 2.75) is 45.4 Å². The maximum Gasteiger partial charge on any atom is 0.0900 e. The zero-order chi connectivity index (χ0) is 8.55. The summed E-state index contributed by atoms with van der Waals surface area (Å²) in [4.78, 5) is 6.05. The van der Waals surface area contributed by atoms with Crippen molar-refractivity contribution >= 4 is 11.3 Å². The van der Waals surface area contributed by atoms with Gasteiger partial charge in [-0.25, -0.2) is 4.98 Å². The molecule has 0 bridgehead atoms. The molecule has 1 aliphatic rings. The van der Waals surface area contributed by atoms with E-state index in [0.29, 0.717) is 0 Å². The second-order valence-electron chi connectivity index (χ2n) is 3.66. The molecule has 0 saturated heterocycles. The van der Waals surface area contributed by atoms with Gasteiger partial charge < -0.3 is 0 Å². The quantitative estimate of drug-likeness (QED) is 0.647. The van der Waals surface area contributed by atoms with Gasteiger partial charge >= 0.3 is 0 Å². The summed E-state index contributed by atoms with van der Waals surface area (Å²) in [5, 5.41) is 1.23. The molecule has 12 heavy (non-hydrogen) atoms. The first-order valence-electron chi connectivity index (χ1n) is 4.71. The van der Waals surface area contributed by atoms with Gasteiger partial charge in [0.1, 0.15) is 0 Å². The minimum atomic E-state index is 0.787. The standard InChI is InChI=1S/C10H15NS/c1-7-10(11-8(2)12-7)9-5-3-4-6-9/h9H,3-6H2,1-2H3. The summed E-state index contributed by atoms with van der Waals surface area (Å²) < 4.78 is 0. The molecule has 0 aliphatic heterocycles. The summed E-state index contributed by atoms with van der Waals surface area (Å²) >= 11 is 1.84. The van der Waals surface area contributed by atoms with Crippen LogP contribution in [0.3, 0.4) is 0 Å². The molecule has 2 heteroatoms. The van der Waals surface area contributed by atoms with Gasteiger partial charge in [0.15, 0.2) is 0 Å². The molecule has 0 aromatic carbocycles. The predicted octanol–water partition coefficient (Wildman–Crippen LogP) is 3.42. The van der Waals surface area contributed by atoms with Gasteiger partial charge in [-0.15, -0.1) is 11.3 Å². The number of aryl methyl sites for hydroxylation is 2. The number of aromatic nitrogens is 1. The lowest BCUT2D eigenvalue weighted by molar-refractivity contribution is 0.696. The summed E-state index contributed by atoms with van der Waals surface area (Å²) in [6, 6.07) is 0. The molecule has 2 rings (SSSR count). The molecule has 1 aromatic rings. The van der Waals surface area contributed by atoms with Crippen molar-refractivity contribution in [1.82, 2.24) is 4.98 Å². The van der Waals surface area contributed by atoms with Gasteiger partial charge in [-0.3, -0.25) is 0 Å². The minimum Gasteiger partial charge on any atom is -0.246 e. The first-order valence-corrected chi connectivity index (χ1v) is 5.53. The van der Waals surface area contributed by atoms with Crippen LogP contribution in [0.5, 0.6) is 0 Å². The Morgan fingerprint density at radius 1 is 1.25 bits per heavy atom. The van der Waals surface area contributed by atoms with Crippen molar-refractivity contribution < 1.29 is 0 Å². The molecule has 0 N–H and O–H groups in total. The lowest BCUT2D eigenvalue weighted by Gasteiger charge is -2.05. The lowest BCUT2D eigenvalue weighted by Crippen LogP contribution is -1.94. The third kappa shape index (κ3) is 1.40. The third-order valence-electron chi connectivity index (χ3n) is 2.68. The first-order chi connectivity index (χ1) is 5.77. The zero-order valence-corrected chi connectivity index (χ0v) is 8.58. The number of hydrogen-bond donors (Lipinski definition) is 0. The summed E-state index contributed by atoms with van der Waals surface area (Å²) in [6.45, 7) is 4.31. The van der Waals surface area contributed by atoms with Crippen LogP contribution in [-0.4, -0.2) is 4.98 Å². The van der Waals surface area contributed by atoms with Crippen LogP contribution in [0.15, 0.2) is 0 Å². The fourth-order valence-electron chi connectivity index (χ4n) is 2.12. The van der Waals surface area contributed by atoms with Crippen molar-refractivity contribution in [3.8, 4) is 0 Å². The van der Waals surface area contributed by atoms with Gasteiger partial charge in [0.05, 0.1) is 10.7 Å². The van der Waals surface area contributed by atoms with Crippen molar-refractivity contribution in [1.29, 1.82) is 0 Å². The topological polar surface area (TPSA) is 12.9 Å². The van der Waals surface area contributed by atoms with Gasteiger partial charge in [0.25, 0.3) is 0 Å². The van der Waals surface area contributed by atoms with Crippen LogP contribution in [0.1, 0.15) is 47.2 Å². The van der Waals surface area contributed by atoms with E-state index >= 15 is 0 Å². The monoisotopic (exact) mass is 181 g/mol. The maximum absolute atomic E-state index is 4.61. The molecule has 0 atom stereocenters. The molecule has 1 saturated carbocycles. The van der Waals surface area contributed by atoms with E-state index in [9.17, 15) is 0 Å². The highest BCUT2D eigenvalue weighted by Gasteiger charge is 2.21. The molecule has 1 fully saturated rings. The molecule has 0 amide bonds. The van der Waals surface area contributed by atoms with Crippen LogP contribution in [-0.2, 0) is 0 Å². The normalized spacial score (nSPS) is 18.8. The number of thiazole rings is 1. The van der Waals surface area contributed by atoms with Crippen LogP contribution in [0, 0.1) is 13.8 Å². The highest BCUT2D eigenvalue weighted by molar-refractivity contribution is 7.11. The second kappa shape index (κ2) is 3.17. The summed E-state index contributed by atoms with van der Waals surface area (Å²) in [6.07, 6.45) is 5.54. The molecule has 0 spiro atoms. The Hall–Kier alpha value is -0.370. The van der Waals surface area contributed by atoms with Crippen molar-refractivity contribution in [3.63, 3.8) is 0 Å². The van der Waals surface area contributed by atoms with E-state index in [1.54, 1.807) is 0 Å². The minimum absolute atomic E-state index is 0.787. The van der Waals surface area contributed by atoms with Crippen LogP contribution in [0.4, 0.5) is 0 Å². The molecular formula is C10H15NS. The first kappa shape index (κ1) is 8.24. The van der Waals surface area contributed by atoms with Crippen molar-refractivity contribution in [3.05, 3.63) is 15.6 Å². The Kier molecular flexibility index (Phi) is 2.18. The van der Waals surface area contributed by atoms with Crippen molar-refractivity contribution in [2.24, 2.45) is 0 Å². The highest BCUT2D eigenvalue weighted by atomic mass is 32.1. The van der Waals surface area contributed by atoms with Crippen molar-refractivity contribution in [2.75, 3.05) is 0 Å². The fourth-order valence-corrected chi connectivity index (χ4v) is 3.03. The van der Waals surface area contributed by atoms with Crippen LogP contribution >= 0.6 is 11.3 Å². The largest absolute Gasteiger partial charge is 0.246 e. The summed E-state index contributed by atoms with van der Waals surface area (Å²) in [5.41, 5.74) is 1.40. The van der Waals surface area contributed by atoms with E-state index in [-0.39, 0.29) is 0 Å². The van der Waals surface area contributed by atoms with Crippen LogP contribution in [0.25, 0.3) is 0 Å². The van der Waals surface area contributed by atoms with Gasteiger partial charge in [-0.1, -0.05) is 12.8 Å². The Labute approximate surface area is 77.8 Å². The lowest BCUT2D eigenvalue weighted by atomic mass is 10.0. The van der Waals surface area contributed by atoms with Gasteiger partial charge in [-0.05, 0) is 26.7 Å². The average molecular weight is 181 g/mol. The molecule has 1 nitrogen and oxygen atoms in total. The zero-order valence-electron chi connectivity index (χ0n) is 7.76. The molecule has 1 heterocycles. The SMILES string of the molecule is Cc1nc(C2CCCC2)c(C)s1. The second-order valence-corrected chi connectivity index (χ2v) is 5.06. The smallest absolute Gasteiger partial charge is 0.0900 e. The van der Waals surface area contributed by atoms with E-state index in [1.165, 1.54) is 41.3 Å². The molecular weight excluding hydrogens is 166 g/mol.